The van der Waals surface area contributed by atoms with Crippen LogP contribution in [0.25, 0.3) is 0 Å². The minimum absolute atomic E-state index is 0.0461. The predicted molar refractivity (Wildman–Crippen MR) is 94.9 cm³/mol. The third kappa shape index (κ3) is 3.51. The maximum atomic E-state index is 12.5. The Balaban J connectivity index is 1.75. The fraction of sp³-hybridized carbons (Fsp3) is 0.316. The molecule has 0 spiro atoms. The number of hydrogen-bond donors (Lipinski definition) is 1. The van der Waals surface area contributed by atoms with Crippen LogP contribution in [0, 0.1) is 19.8 Å². The predicted octanol–water partition coefficient (Wildman–Crippen LogP) is 3.45. The molecule has 1 saturated carbocycles. The quantitative estimate of drug-likeness (QED) is 0.925. The highest BCUT2D eigenvalue weighted by Crippen LogP contribution is 2.48. The Bertz CT molecular complexity index is 903. The summed E-state index contributed by atoms with van der Waals surface area (Å²) in [5.74, 6) is 0.159. The van der Waals surface area contributed by atoms with Crippen molar-refractivity contribution in [3.8, 4) is 0 Å². The lowest BCUT2D eigenvalue weighted by atomic mass is 10.1. The van der Waals surface area contributed by atoms with Gasteiger partial charge in [0.25, 0.3) is 0 Å². The van der Waals surface area contributed by atoms with Crippen LogP contribution < -0.4 is 5.32 Å². The maximum absolute atomic E-state index is 12.5. The van der Waals surface area contributed by atoms with Gasteiger partial charge in [-0.05, 0) is 49.4 Å². The van der Waals surface area contributed by atoms with Gasteiger partial charge in [0.15, 0.2) is 9.84 Å². The third-order valence-electron chi connectivity index (χ3n) is 4.49. The molecule has 5 heteroatoms. The van der Waals surface area contributed by atoms with E-state index in [1.165, 1.54) is 17.2 Å². The zero-order valence-corrected chi connectivity index (χ0v) is 14.9. The second kappa shape index (κ2) is 6.06. The summed E-state index contributed by atoms with van der Waals surface area (Å²) in [7, 11) is -3.29. The molecular formula is C19H21NO3S. The molecule has 1 aliphatic carbocycles. The average Bonchev–Trinajstić information content (AvgIpc) is 3.29. The largest absolute Gasteiger partial charge is 0.326 e. The molecule has 1 fully saturated rings. The van der Waals surface area contributed by atoms with Gasteiger partial charge in [0.1, 0.15) is 0 Å². The Morgan fingerprint density at radius 3 is 2.54 bits per heavy atom. The highest BCUT2D eigenvalue weighted by atomic mass is 32.2. The molecule has 0 unspecified atom stereocenters. The monoisotopic (exact) mass is 343 g/mol. The Morgan fingerprint density at radius 2 is 1.88 bits per heavy atom. The van der Waals surface area contributed by atoms with Crippen LogP contribution in [0.5, 0.6) is 0 Å². The molecule has 2 aromatic rings. The fourth-order valence-electron chi connectivity index (χ4n) is 2.95. The second-order valence-corrected chi connectivity index (χ2v) is 8.62. The van der Waals surface area contributed by atoms with E-state index >= 15 is 0 Å². The number of benzene rings is 2. The van der Waals surface area contributed by atoms with Crippen molar-refractivity contribution in [1.29, 1.82) is 0 Å². The maximum Gasteiger partial charge on any atom is 0.228 e. The molecule has 1 aliphatic rings. The van der Waals surface area contributed by atoms with E-state index in [-0.39, 0.29) is 22.6 Å². The summed E-state index contributed by atoms with van der Waals surface area (Å²) >= 11 is 0. The highest BCUT2D eigenvalue weighted by molar-refractivity contribution is 7.90. The first-order valence-corrected chi connectivity index (χ1v) is 9.83. The molecule has 3 rings (SSSR count). The van der Waals surface area contributed by atoms with E-state index in [2.05, 4.69) is 17.4 Å². The summed E-state index contributed by atoms with van der Waals surface area (Å²) in [4.78, 5) is 12.7. The molecule has 2 atom stereocenters. The number of sulfone groups is 1. The van der Waals surface area contributed by atoms with Crippen molar-refractivity contribution in [3.05, 3.63) is 59.2 Å². The van der Waals surface area contributed by atoms with Gasteiger partial charge in [-0.3, -0.25) is 4.79 Å². The highest BCUT2D eigenvalue weighted by Gasteiger charge is 2.44. The molecule has 0 radical (unpaired) electrons. The fourth-order valence-corrected chi connectivity index (χ4v) is 3.59. The van der Waals surface area contributed by atoms with Gasteiger partial charge in [-0.25, -0.2) is 8.42 Å². The average molecular weight is 343 g/mol. The number of anilines is 1. The molecule has 2 aromatic carbocycles. The van der Waals surface area contributed by atoms with Gasteiger partial charge in [-0.1, -0.05) is 35.9 Å². The van der Waals surface area contributed by atoms with Gasteiger partial charge in [-0.2, -0.15) is 0 Å². The van der Waals surface area contributed by atoms with Crippen LogP contribution in [0.15, 0.2) is 47.4 Å². The van der Waals surface area contributed by atoms with Gasteiger partial charge in [0, 0.05) is 17.9 Å². The first-order chi connectivity index (χ1) is 11.3. The zero-order chi connectivity index (χ0) is 17.5. The number of hydrogen-bond acceptors (Lipinski definition) is 3. The third-order valence-corrected chi connectivity index (χ3v) is 5.60. The van der Waals surface area contributed by atoms with Crippen LogP contribution >= 0.6 is 0 Å². The first kappa shape index (κ1) is 16.7. The van der Waals surface area contributed by atoms with Crippen LogP contribution in [-0.2, 0) is 14.6 Å². The normalized spacial score (nSPS) is 19.8. The Labute approximate surface area is 142 Å². The van der Waals surface area contributed by atoms with Crippen molar-refractivity contribution in [1.82, 2.24) is 0 Å². The van der Waals surface area contributed by atoms with Crippen LogP contribution in [0.4, 0.5) is 5.69 Å². The van der Waals surface area contributed by atoms with E-state index in [4.69, 9.17) is 0 Å². The van der Waals surface area contributed by atoms with Crippen LogP contribution in [-0.4, -0.2) is 20.6 Å². The summed E-state index contributed by atoms with van der Waals surface area (Å²) in [6.45, 7) is 3.90. The first-order valence-electron chi connectivity index (χ1n) is 7.94. The van der Waals surface area contributed by atoms with E-state index in [0.717, 1.165) is 18.2 Å². The van der Waals surface area contributed by atoms with E-state index in [9.17, 15) is 13.2 Å². The lowest BCUT2D eigenvalue weighted by molar-refractivity contribution is -0.117. The number of rotatable bonds is 4. The number of carbonyl (C=O) groups is 1. The van der Waals surface area contributed by atoms with E-state index < -0.39 is 9.84 Å². The number of aryl methyl sites for hydroxylation is 2. The molecule has 0 heterocycles. The van der Waals surface area contributed by atoms with Gasteiger partial charge in [0.05, 0.1) is 4.90 Å². The molecule has 24 heavy (non-hydrogen) atoms. The van der Waals surface area contributed by atoms with Gasteiger partial charge in [0.2, 0.25) is 5.91 Å². The lowest BCUT2D eigenvalue weighted by Gasteiger charge is -2.10. The van der Waals surface area contributed by atoms with Crippen LogP contribution in [0.1, 0.15) is 29.0 Å². The van der Waals surface area contributed by atoms with Crippen molar-refractivity contribution in [2.45, 2.75) is 31.1 Å². The molecule has 1 amide bonds. The van der Waals surface area contributed by atoms with Crippen molar-refractivity contribution < 1.29 is 13.2 Å². The smallest absolute Gasteiger partial charge is 0.228 e. The van der Waals surface area contributed by atoms with Gasteiger partial charge < -0.3 is 5.32 Å². The Kier molecular flexibility index (Phi) is 4.22. The van der Waals surface area contributed by atoms with Crippen LogP contribution in [0.3, 0.4) is 0 Å². The molecular weight excluding hydrogens is 322 g/mol. The van der Waals surface area contributed by atoms with E-state index in [1.54, 1.807) is 12.1 Å². The summed E-state index contributed by atoms with van der Waals surface area (Å²) in [5, 5.41) is 2.90. The number of amides is 1. The number of carbonyl (C=O) groups excluding carboxylic acids is 1. The zero-order valence-electron chi connectivity index (χ0n) is 14.0. The lowest BCUT2D eigenvalue weighted by Crippen LogP contribution is -2.16. The minimum Gasteiger partial charge on any atom is -0.326 e. The van der Waals surface area contributed by atoms with Crippen molar-refractivity contribution in [2.75, 3.05) is 11.6 Å². The number of nitrogens with one attached hydrogen (secondary N) is 1. The van der Waals surface area contributed by atoms with E-state index in [1.807, 2.05) is 26.0 Å². The minimum atomic E-state index is -3.29. The second-order valence-electron chi connectivity index (χ2n) is 6.60. The van der Waals surface area contributed by atoms with Crippen molar-refractivity contribution in [3.63, 3.8) is 0 Å². The van der Waals surface area contributed by atoms with E-state index in [0.29, 0.717) is 5.69 Å². The van der Waals surface area contributed by atoms with Gasteiger partial charge >= 0.3 is 0 Å². The molecule has 4 nitrogen and oxygen atoms in total. The van der Waals surface area contributed by atoms with Gasteiger partial charge in [-0.15, -0.1) is 0 Å². The molecule has 0 bridgehead atoms. The SMILES string of the molecule is Cc1cccc([C@H]2C[C@H]2C(=O)Nc2cc(S(C)(=O)=O)ccc2C)c1. The summed E-state index contributed by atoms with van der Waals surface area (Å²) in [6, 6.07) is 13.0. The summed E-state index contributed by atoms with van der Waals surface area (Å²) in [5.41, 5.74) is 3.80. The Hall–Kier alpha value is -2.14. The Morgan fingerprint density at radius 1 is 1.12 bits per heavy atom. The van der Waals surface area contributed by atoms with Crippen molar-refractivity contribution >= 4 is 21.4 Å². The molecule has 0 saturated heterocycles. The standard InChI is InChI=1S/C19H21NO3S/c1-12-5-4-6-14(9-12)16-11-17(16)19(21)20-18-10-15(24(3,22)23)8-7-13(18)2/h4-10,16-17H,11H2,1-3H3,(H,20,21)/t16-,17-/m1/s1. The molecule has 1 N–H and O–H groups in total. The molecule has 126 valence electrons. The summed E-state index contributed by atoms with van der Waals surface area (Å²) in [6.07, 6.45) is 2.00. The summed E-state index contributed by atoms with van der Waals surface area (Å²) < 4.78 is 23.4. The molecule has 0 aromatic heterocycles. The molecule has 0 aliphatic heterocycles. The van der Waals surface area contributed by atoms with Crippen molar-refractivity contribution in [2.24, 2.45) is 5.92 Å². The topological polar surface area (TPSA) is 63.2 Å². The van der Waals surface area contributed by atoms with Crippen LogP contribution in [0.2, 0.25) is 0 Å².